The molecule has 6 heteroatoms. The zero-order valence-electron chi connectivity index (χ0n) is 12.4. The van der Waals surface area contributed by atoms with Crippen LogP contribution in [0, 0.1) is 5.92 Å². The molecular formula is C16H15N5O. The normalized spacial score (nSPS) is 11.8. The van der Waals surface area contributed by atoms with E-state index in [4.69, 9.17) is 4.42 Å². The van der Waals surface area contributed by atoms with E-state index in [0.29, 0.717) is 17.4 Å². The van der Waals surface area contributed by atoms with Gasteiger partial charge in [-0.05, 0) is 30.2 Å². The molecule has 3 heterocycles. The van der Waals surface area contributed by atoms with Gasteiger partial charge in [0.2, 0.25) is 5.89 Å². The molecule has 0 saturated carbocycles. The van der Waals surface area contributed by atoms with Crippen molar-refractivity contribution >= 4 is 22.1 Å². The van der Waals surface area contributed by atoms with Gasteiger partial charge in [0, 0.05) is 18.3 Å². The Morgan fingerprint density at radius 1 is 1.18 bits per heavy atom. The molecule has 22 heavy (non-hydrogen) atoms. The smallest absolute Gasteiger partial charge is 0.227 e. The fourth-order valence-electron chi connectivity index (χ4n) is 2.49. The van der Waals surface area contributed by atoms with Crippen LogP contribution in [0.4, 0.5) is 0 Å². The third-order valence-corrected chi connectivity index (χ3v) is 3.49. The minimum Gasteiger partial charge on any atom is -0.434 e. The Morgan fingerprint density at radius 2 is 2.09 bits per heavy atom. The summed E-state index contributed by atoms with van der Waals surface area (Å²) in [5.74, 6) is 1.09. The Labute approximate surface area is 126 Å². The molecule has 4 aromatic rings. The number of oxazole rings is 1. The highest BCUT2D eigenvalue weighted by molar-refractivity contribution is 5.81. The van der Waals surface area contributed by atoms with Gasteiger partial charge in [-0.1, -0.05) is 19.1 Å². The molecule has 0 saturated heterocycles. The van der Waals surface area contributed by atoms with Crippen LogP contribution in [0.2, 0.25) is 0 Å². The van der Waals surface area contributed by atoms with Gasteiger partial charge in [-0.25, -0.2) is 9.67 Å². The maximum Gasteiger partial charge on any atom is 0.227 e. The van der Waals surface area contributed by atoms with Crippen molar-refractivity contribution in [2.45, 2.75) is 20.4 Å². The van der Waals surface area contributed by atoms with Gasteiger partial charge in [-0.2, -0.15) is 0 Å². The lowest BCUT2D eigenvalue weighted by atomic mass is 10.2. The number of benzene rings is 1. The Bertz CT molecular complexity index is 920. The highest BCUT2D eigenvalue weighted by atomic mass is 16.3. The zero-order valence-corrected chi connectivity index (χ0v) is 12.4. The minimum atomic E-state index is 0.522. The van der Waals surface area contributed by atoms with Crippen molar-refractivity contribution in [3.05, 3.63) is 36.7 Å². The second-order valence-electron chi connectivity index (χ2n) is 5.73. The van der Waals surface area contributed by atoms with Crippen LogP contribution in [0.1, 0.15) is 13.8 Å². The summed E-state index contributed by atoms with van der Waals surface area (Å²) in [6.45, 7) is 5.17. The van der Waals surface area contributed by atoms with Gasteiger partial charge in [-0.3, -0.25) is 4.98 Å². The summed E-state index contributed by atoms with van der Waals surface area (Å²) in [7, 11) is 0. The fourth-order valence-corrected chi connectivity index (χ4v) is 2.49. The molecule has 0 atom stereocenters. The van der Waals surface area contributed by atoms with Crippen LogP contribution in [0.15, 0.2) is 41.1 Å². The maximum atomic E-state index is 5.75. The largest absolute Gasteiger partial charge is 0.434 e. The summed E-state index contributed by atoms with van der Waals surface area (Å²) >= 11 is 0. The van der Waals surface area contributed by atoms with Crippen molar-refractivity contribution in [2.24, 2.45) is 5.92 Å². The van der Waals surface area contributed by atoms with Gasteiger partial charge in [0.1, 0.15) is 11.0 Å². The van der Waals surface area contributed by atoms with Gasteiger partial charge in [0.15, 0.2) is 5.58 Å². The average Bonchev–Trinajstić information content (AvgIpc) is 3.10. The SMILES string of the molecule is CC(C)Cn1nnc2cc(-c3nc4ccncc4o3)ccc21. The lowest BCUT2D eigenvalue weighted by molar-refractivity contribution is 0.483. The number of rotatable bonds is 3. The first-order chi connectivity index (χ1) is 10.7. The lowest BCUT2D eigenvalue weighted by Crippen LogP contribution is -2.05. The van der Waals surface area contributed by atoms with Crippen LogP contribution in [0.5, 0.6) is 0 Å². The standard InChI is InChI=1S/C16H15N5O/c1-10(2)9-21-14-4-3-11(7-13(14)19-20-21)16-18-12-5-6-17-8-15(12)22-16/h3-8,10H,9H2,1-2H3. The van der Waals surface area contributed by atoms with Gasteiger partial charge in [-0.15, -0.1) is 5.10 Å². The molecule has 3 aromatic heterocycles. The van der Waals surface area contributed by atoms with E-state index in [2.05, 4.69) is 34.1 Å². The Balaban J connectivity index is 1.79. The van der Waals surface area contributed by atoms with Crippen molar-refractivity contribution in [2.75, 3.05) is 0 Å². The molecular weight excluding hydrogens is 278 g/mol. The monoisotopic (exact) mass is 293 g/mol. The number of hydrogen-bond donors (Lipinski definition) is 0. The van der Waals surface area contributed by atoms with Crippen LogP contribution in [-0.2, 0) is 6.54 Å². The summed E-state index contributed by atoms with van der Waals surface area (Å²) in [5.41, 5.74) is 4.24. The lowest BCUT2D eigenvalue weighted by Gasteiger charge is -2.04. The van der Waals surface area contributed by atoms with Crippen molar-refractivity contribution in [3.8, 4) is 11.5 Å². The fraction of sp³-hybridized carbons (Fsp3) is 0.250. The number of pyridine rings is 1. The van der Waals surface area contributed by atoms with Gasteiger partial charge < -0.3 is 4.42 Å². The minimum absolute atomic E-state index is 0.522. The summed E-state index contributed by atoms with van der Waals surface area (Å²) in [5, 5.41) is 8.46. The molecule has 6 nitrogen and oxygen atoms in total. The quantitative estimate of drug-likeness (QED) is 0.579. The summed E-state index contributed by atoms with van der Waals surface area (Å²) in [4.78, 5) is 8.52. The van der Waals surface area contributed by atoms with Crippen LogP contribution in [-0.4, -0.2) is 25.0 Å². The summed E-state index contributed by atoms with van der Waals surface area (Å²) in [6.07, 6.45) is 3.37. The molecule has 0 aliphatic rings. The molecule has 0 radical (unpaired) electrons. The van der Waals surface area contributed by atoms with Crippen molar-refractivity contribution in [3.63, 3.8) is 0 Å². The first-order valence-electron chi connectivity index (χ1n) is 7.25. The Kier molecular flexibility index (Phi) is 2.89. The molecule has 0 spiro atoms. The van der Waals surface area contributed by atoms with E-state index < -0.39 is 0 Å². The predicted octanol–water partition coefficient (Wildman–Crippen LogP) is 3.29. The maximum absolute atomic E-state index is 5.75. The molecule has 0 bridgehead atoms. The van der Waals surface area contributed by atoms with E-state index in [9.17, 15) is 0 Å². The van der Waals surface area contributed by atoms with Gasteiger partial charge in [0.05, 0.1) is 11.7 Å². The molecule has 4 rings (SSSR count). The van der Waals surface area contributed by atoms with Crippen LogP contribution in [0.3, 0.4) is 0 Å². The summed E-state index contributed by atoms with van der Waals surface area (Å²) in [6, 6.07) is 7.79. The van der Waals surface area contributed by atoms with E-state index in [1.807, 2.05) is 28.9 Å². The number of nitrogens with zero attached hydrogens (tertiary/aromatic N) is 5. The average molecular weight is 293 g/mol. The third kappa shape index (κ3) is 2.13. The third-order valence-electron chi connectivity index (χ3n) is 3.49. The molecule has 0 amide bonds. The molecule has 0 N–H and O–H groups in total. The highest BCUT2D eigenvalue weighted by Gasteiger charge is 2.11. The second-order valence-corrected chi connectivity index (χ2v) is 5.73. The number of hydrogen-bond acceptors (Lipinski definition) is 5. The van der Waals surface area contributed by atoms with Crippen LogP contribution < -0.4 is 0 Å². The number of fused-ring (bicyclic) bond motifs is 2. The molecule has 0 aliphatic heterocycles. The Hall–Kier alpha value is -2.76. The molecule has 110 valence electrons. The Morgan fingerprint density at radius 3 is 2.91 bits per heavy atom. The number of aromatic nitrogens is 5. The zero-order chi connectivity index (χ0) is 15.1. The van der Waals surface area contributed by atoms with Crippen LogP contribution >= 0.6 is 0 Å². The summed E-state index contributed by atoms with van der Waals surface area (Å²) < 4.78 is 7.68. The van der Waals surface area contributed by atoms with Gasteiger partial charge in [0.25, 0.3) is 0 Å². The highest BCUT2D eigenvalue weighted by Crippen LogP contribution is 2.26. The molecule has 1 aromatic carbocycles. The van der Waals surface area contributed by atoms with Gasteiger partial charge >= 0.3 is 0 Å². The first kappa shape index (κ1) is 12.9. The van der Waals surface area contributed by atoms with E-state index in [1.165, 1.54) is 0 Å². The van der Waals surface area contributed by atoms with Crippen molar-refractivity contribution in [1.82, 2.24) is 25.0 Å². The molecule has 0 unspecified atom stereocenters. The van der Waals surface area contributed by atoms with E-state index in [-0.39, 0.29) is 0 Å². The van der Waals surface area contributed by atoms with E-state index in [1.54, 1.807) is 12.4 Å². The van der Waals surface area contributed by atoms with Crippen LogP contribution in [0.25, 0.3) is 33.6 Å². The predicted molar refractivity (Wildman–Crippen MR) is 83.2 cm³/mol. The topological polar surface area (TPSA) is 69.6 Å². The second kappa shape index (κ2) is 4.91. The van der Waals surface area contributed by atoms with E-state index in [0.717, 1.165) is 28.7 Å². The van der Waals surface area contributed by atoms with Crippen molar-refractivity contribution < 1.29 is 4.42 Å². The molecule has 0 aliphatic carbocycles. The molecule has 0 fully saturated rings. The van der Waals surface area contributed by atoms with Crippen molar-refractivity contribution in [1.29, 1.82) is 0 Å². The van der Waals surface area contributed by atoms with E-state index >= 15 is 0 Å². The first-order valence-corrected chi connectivity index (χ1v) is 7.25.